The second-order valence-electron chi connectivity index (χ2n) is 4.57. The van der Waals surface area contributed by atoms with E-state index in [4.69, 9.17) is 5.11 Å². The van der Waals surface area contributed by atoms with Crippen LogP contribution in [0.15, 0.2) is 0 Å². The monoisotopic (exact) mass is 253 g/mol. The molecule has 0 bridgehead atoms. The number of nitrogens with one attached hydrogen (secondary N) is 1. The average Bonchev–Trinajstić information content (AvgIpc) is 2.26. The van der Waals surface area contributed by atoms with E-state index >= 15 is 0 Å². The molecule has 6 heteroatoms. The highest BCUT2D eigenvalue weighted by atomic mass is 19.4. The highest BCUT2D eigenvalue weighted by Gasteiger charge is 2.38. The standard InChI is InChI=1S/C11H18F3NO2/c12-11(13,14)9(16)7-15-10(17)6-8-4-2-1-3-5-8/h8-9,16H,1-7H2,(H,15,17). The van der Waals surface area contributed by atoms with E-state index in [1.54, 1.807) is 0 Å². The van der Waals surface area contributed by atoms with Crippen LogP contribution in [0.1, 0.15) is 38.5 Å². The van der Waals surface area contributed by atoms with Gasteiger partial charge in [-0.15, -0.1) is 0 Å². The Balaban J connectivity index is 2.20. The first-order chi connectivity index (χ1) is 7.89. The summed E-state index contributed by atoms with van der Waals surface area (Å²) in [5, 5.41) is 10.8. The number of halogens is 3. The number of rotatable bonds is 4. The van der Waals surface area contributed by atoms with E-state index in [9.17, 15) is 18.0 Å². The van der Waals surface area contributed by atoms with Crippen molar-refractivity contribution in [1.29, 1.82) is 0 Å². The lowest BCUT2D eigenvalue weighted by molar-refractivity contribution is -0.201. The number of amides is 1. The van der Waals surface area contributed by atoms with Crippen LogP contribution in [0, 0.1) is 5.92 Å². The second-order valence-corrected chi connectivity index (χ2v) is 4.57. The third-order valence-electron chi connectivity index (χ3n) is 3.07. The summed E-state index contributed by atoms with van der Waals surface area (Å²) in [6, 6.07) is 0. The SMILES string of the molecule is O=C(CC1CCCCC1)NCC(O)C(F)(F)F. The predicted molar refractivity (Wildman–Crippen MR) is 56.3 cm³/mol. The van der Waals surface area contributed by atoms with Crippen molar-refractivity contribution in [3.05, 3.63) is 0 Å². The minimum absolute atomic E-state index is 0.268. The molecule has 1 fully saturated rings. The van der Waals surface area contributed by atoms with Crippen molar-refractivity contribution in [3.63, 3.8) is 0 Å². The van der Waals surface area contributed by atoms with Gasteiger partial charge in [0.15, 0.2) is 6.10 Å². The van der Waals surface area contributed by atoms with Crippen molar-refractivity contribution in [1.82, 2.24) is 5.32 Å². The van der Waals surface area contributed by atoms with Gasteiger partial charge in [-0.2, -0.15) is 13.2 Å². The van der Waals surface area contributed by atoms with E-state index in [1.165, 1.54) is 6.42 Å². The van der Waals surface area contributed by atoms with Crippen LogP contribution < -0.4 is 5.32 Å². The lowest BCUT2D eigenvalue weighted by atomic mass is 9.87. The molecule has 0 radical (unpaired) electrons. The third kappa shape index (κ3) is 5.39. The summed E-state index contributed by atoms with van der Waals surface area (Å²) < 4.78 is 35.9. The Morgan fingerprint density at radius 2 is 1.88 bits per heavy atom. The molecule has 3 nitrogen and oxygen atoms in total. The third-order valence-corrected chi connectivity index (χ3v) is 3.07. The van der Waals surface area contributed by atoms with Crippen molar-refractivity contribution in [2.75, 3.05) is 6.54 Å². The van der Waals surface area contributed by atoms with Gasteiger partial charge >= 0.3 is 6.18 Å². The molecule has 1 rings (SSSR count). The molecule has 100 valence electrons. The van der Waals surface area contributed by atoms with Crippen LogP contribution >= 0.6 is 0 Å². The molecule has 1 atom stereocenters. The summed E-state index contributed by atoms with van der Waals surface area (Å²) in [5.74, 6) is -0.119. The molecule has 1 unspecified atom stereocenters. The maximum Gasteiger partial charge on any atom is 0.416 e. The summed E-state index contributed by atoms with van der Waals surface area (Å²) >= 11 is 0. The van der Waals surface area contributed by atoms with Gasteiger partial charge < -0.3 is 10.4 Å². The van der Waals surface area contributed by atoms with Crippen LogP contribution in [0.5, 0.6) is 0 Å². The molecule has 1 aliphatic rings. The molecular formula is C11H18F3NO2. The zero-order chi connectivity index (χ0) is 12.9. The minimum atomic E-state index is -4.67. The summed E-state index contributed by atoms with van der Waals surface area (Å²) in [4.78, 5) is 11.4. The molecule has 1 saturated carbocycles. The number of hydrogen-bond acceptors (Lipinski definition) is 2. The zero-order valence-corrected chi connectivity index (χ0v) is 9.59. The van der Waals surface area contributed by atoms with Gasteiger partial charge in [-0.3, -0.25) is 4.79 Å². The first kappa shape index (κ1) is 14.3. The van der Waals surface area contributed by atoms with Crippen LogP contribution in [-0.4, -0.2) is 29.8 Å². The quantitative estimate of drug-likeness (QED) is 0.805. The molecule has 17 heavy (non-hydrogen) atoms. The van der Waals surface area contributed by atoms with E-state index in [-0.39, 0.29) is 12.3 Å². The van der Waals surface area contributed by atoms with Gasteiger partial charge in [-0.1, -0.05) is 19.3 Å². The molecule has 0 aromatic rings. The van der Waals surface area contributed by atoms with Gasteiger partial charge in [0.2, 0.25) is 5.91 Å². The van der Waals surface area contributed by atoms with Crippen LogP contribution in [0.25, 0.3) is 0 Å². The fraction of sp³-hybridized carbons (Fsp3) is 0.909. The van der Waals surface area contributed by atoms with E-state index in [0.717, 1.165) is 25.7 Å². The maximum absolute atomic E-state index is 12.0. The van der Waals surface area contributed by atoms with Gasteiger partial charge in [-0.05, 0) is 18.8 Å². The Hall–Kier alpha value is -0.780. The fourth-order valence-electron chi connectivity index (χ4n) is 2.05. The number of carbonyl (C=O) groups excluding carboxylic acids is 1. The van der Waals surface area contributed by atoms with Crippen molar-refractivity contribution < 1.29 is 23.1 Å². The summed E-state index contributed by atoms with van der Waals surface area (Å²) in [5.41, 5.74) is 0. The summed E-state index contributed by atoms with van der Waals surface area (Å²) in [7, 11) is 0. The normalized spacial score (nSPS) is 20.0. The Labute approximate surface area is 98.4 Å². The number of carbonyl (C=O) groups is 1. The smallest absolute Gasteiger partial charge is 0.382 e. The molecule has 2 N–H and O–H groups in total. The van der Waals surface area contributed by atoms with Crippen LogP contribution in [-0.2, 0) is 4.79 Å². The fourth-order valence-corrected chi connectivity index (χ4v) is 2.05. The Kier molecular flexibility index (Phi) is 5.24. The van der Waals surface area contributed by atoms with Crippen LogP contribution in [0.2, 0.25) is 0 Å². The Morgan fingerprint density at radius 3 is 2.41 bits per heavy atom. The minimum Gasteiger partial charge on any atom is -0.382 e. The van der Waals surface area contributed by atoms with Crippen molar-refractivity contribution in [3.8, 4) is 0 Å². The Morgan fingerprint density at radius 1 is 1.29 bits per heavy atom. The maximum atomic E-state index is 12.0. The molecule has 0 aromatic heterocycles. The lowest BCUT2D eigenvalue weighted by Crippen LogP contribution is -2.41. The first-order valence-electron chi connectivity index (χ1n) is 5.91. The van der Waals surface area contributed by atoms with Crippen LogP contribution in [0.4, 0.5) is 13.2 Å². The summed E-state index contributed by atoms with van der Waals surface area (Å²) in [6.45, 7) is -0.755. The van der Waals surface area contributed by atoms with Crippen molar-refractivity contribution in [2.24, 2.45) is 5.92 Å². The van der Waals surface area contributed by atoms with Gasteiger partial charge in [0.25, 0.3) is 0 Å². The van der Waals surface area contributed by atoms with Crippen molar-refractivity contribution >= 4 is 5.91 Å². The van der Waals surface area contributed by atoms with E-state index in [0.29, 0.717) is 0 Å². The van der Waals surface area contributed by atoms with E-state index < -0.39 is 24.7 Å². The molecule has 0 saturated heterocycles. The van der Waals surface area contributed by atoms with E-state index in [1.807, 2.05) is 0 Å². The largest absolute Gasteiger partial charge is 0.416 e. The zero-order valence-electron chi connectivity index (χ0n) is 9.59. The summed E-state index contributed by atoms with van der Waals surface area (Å²) in [6.07, 6.45) is -1.59. The highest BCUT2D eigenvalue weighted by molar-refractivity contribution is 5.76. The number of hydrogen-bond donors (Lipinski definition) is 2. The Bertz CT molecular complexity index is 250. The lowest BCUT2D eigenvalue weighted by Gasteiger charge is -2.21. The predicted octanol–water partition coefficient (Wildman–Crippen LogP) is 2.00. The number of aliphatic hydroxyl groups excluding tert-OH is 1. The van der Waals surface area contributed by atoms with Gasteiger partial charge in [0.05, 0.1) is 6.54 Å². The molecular weight excluding hydrogens is 235 g/mol. The first-order valence-corrected chi connectivity index (χ1v) is 5.91. The number of alkyl halides is 3. The molecule has 1 aliphatic carbocycles. The van der Waals surface area contributed by atoms with Crippen LogP contribution in [0.3, 0.4) is 0 Å². The van der Waals surface area contributed by atoms with Gasteiger partial charge in [-0.25, -0.2) is 0 Å². The molecule has 1 amide bonds. The molecule has 0 spiro atoms. The van der Waals surface area contributed by atoms with Gasteiger partial charge in [0.1, 0.15) is 0 Å². The number of aliphatic hydroxyl groups is 1. The van der Waals surface area contributed by atoms with Crippen molar-refractivity contribution in [2.45, 2.75) is 50.8 Å². The molecule has 0 aromatic carbocycles. The van der Waals surface area contributed by atoms with E-state index in [2.05, 4.69) is 5.32 Å². The highest BCUT2D eigenvalue weighted by Crippen LogP contribution is 2.26. The topological polar surface area (TPSA) is 49.3 Å². The second kappa shape index (κ2) is 6.23. The molecule has 0 heterocycles. The molecule has 0 aliphatic heterocycles. The van der Waals surface area contributed by atoms with Gasteiger partial charge in [0, 0.05) is 6.42 Å². The average molecular weight is 253 g/mol.